The van der Waals surface area contributed by atoms with E-state index in [1.54, 1.807) is 12.4 Å². The Balaban J connectivity index is 1.87. The second-order valence-corrected chi connectivity index (χ2v) is 9.23. The number of hydrogen-bond acceptors (Lipinski definition) is 2. The van der Waals surface area contributed by atoms with E-state index in [9.17, 15) is 13.2 Å². The molecule has 1 aromatic heterocycles. The first-order valence-electron chi connectivity index (χ1n) is 13.2. The predicted octanol–water partition coefficient (Wildman–Crippen LogP) is 9.78. The predicted molar refractivity (Wildman–Crippen MR) is 136 cm³/mol. The molecule has 0 aliphatic carbocycles. The van der Waals surface area contributed by atoms with E-state index >= 15 is 0 Å². The van der Waals surface area contributed by atoms with Gasteiger partial charge < -0.3 is 0 Å². The molecule has 0 fully saturated rings. The number of hydrogen-bond donors (Lipinski definition) is 0. The van der Waals surface area contributed by atoms with E-state index < -0.39 is 17.5 Å². The molecule has 1 aromatic carbocycles. The Hall–Kier alpha value is -2.17. The van der Waals surface area contributed by atoms with Crippen LogP contribution in [0.5, 0.6) is 0 Å². The van der Waals surface area contributed by atoms with Crippen LogP contribution in [0, 0.1) is 11.6 Å². The van der Waals surface area contributed by atoms with Crippen molar-refractivity contribution in [1.29, 1.82) is 0 Å². The molecule has 2 nitrogen and oxygen atoms in total. The van der Waals surface area contributed by atoms with Crippen LogP contribution in [0.25, 0.3) is 17.5 Å². The number of nitrogens with zero attached hydrogens (tertiary/aromatic N) is 2. The summed E-state index contributed by atoms with van der Waals surface area (Å²) in [6, 6.07) is 2.81. The van der Waals surface area contributed by atoms with Crippen molar-refractivity contribution in [1.82, 2.24) is 9.97 Å². The van der Waals surface area contributed by atoms with Gasteiger partial charge >= 0.3 is 0 Å². The smallest absolute Gasteiger partial charge is 0.170 e. The quantitative estimate of drug-likeness (QED) is 0.213. The summed E-state index contributed by atoms with van der Waals surface area (Å²) in [5.41, 5.74) is 0.906. The summed E-state index contributed by atoms with van der Waals surface area (Å²) in [5, 5.41) is 0. The first-order valence-corrected chi connectivity index (χ1v) is 13.2. The van der Waals surface area contributed by atoms with E-state index in [2.05, 4.69) is 23.8 Å². The maximum Gasteiger partial charge on any atom is 0.170 e. The lowest BCUT2D eigenvalue weighted by molar-refractivity contribution is 0.507. The van der Waals surface area contributed by atoms with E-state index in [1.807, 2.05) is 0 Å². The van der Waals surface area contributed by atoms with Gasteiger partial charge in [-0.05, 0) is 43.4 Å². The standard InChI is InChI=1S/C29H41F3N2/c1-3-5-7-9-10-11-13-14-16-23-21-33-29(34-22-23)26-19-18-24(27(31)28(26)32)20-25(30)17-15-12-8-6-4-2/h18-22H,3-17H2,1-2H3. The van der Waals surface area contributed by atoms with Crippen LogP contribution in [-0.2, 0) is 6.42 Å². The van der Waals surface area contributed by atoms with E-state index in [0.29, 0.717) is 6.42 Å². The van der Waals surface area contributed by atoms with E-state index in [-0.39, 0.29) is 23.4 Å². The highest BCUT2D eigenvalue weighted by molar-refractivity contribution is 5.62. The third kappa shape index (κ3) is 9.99. The van der Waals surface area contributed by atoms with Gasteiger partial charge in [0, 0.05) is 18.0 Å². The van der Waals surface area contributed by atoms with Gasteiger partial charge in [-0.25, -0.2) is 23.1 Å². The third-order valence-corrected chi connectivity index (χ3v) is 6.21. The van der Waals surface area contributed by atoms with Gasteiger partial charge in [-0.15, -0.1) is 0 Å². The van der Waals surface area contributed by atoms with Gasteiger partial charge in [-0.1, -0.05) is 90.5 Å². The summed E-state index contributed by atoms with van der Waals surface area (Å²) in [6.07, 6.45) is 20.6. The third-order valence-electron chi connectivity index (χ3n) is 6.21. The topological polar surface area (TPSA) is 25.8 Å². The van der Waals surface area contributed by atoms with Gasteiger partial charge in [-0.3, -0.25) is 0 Å². The average molecular weight is 475 g/mol. The fourth-order valence-electron chi connectivity index (χ4n) is 4.07. The average Bonchev–Trinajstić information content (AvgIpc) is 2.84. The molecule has 0 N–H and O–H groups in total. The molecular formula is C29H41F3N2. The van der Waals surface area contributed by atoms with E-state index in [0.717, 1.165) is 50.2 Å². The van der Waals surface area contributed by atoms with Crippen molar-refractivity contribution in [2.75, 3.05) is 0 Å². The Kier molecular flexibility index (Phi) is 13.6. The van der Waals surface area contributed by atoms with Crippen molar-refractivity contribution < 1.29 is 13.2 Å². The molecule has 5 heteroatoms. The molecule has 34 heavy (non-hydrogen) atoms. The van der Waals surface area contributed by atoms with Crippen LogP contribution in [0.1, 0.15) is 115 Å². The van der Waals surface area contributed by atoms with Gasteiger partial charge in [0.15, 0.2) is 17.5 Å². The molecule has 0 amide bonds. The summed E-state index contributed by atoms with van der Waals surface area (Å²) < 4.78 is 43.4. The molecule has 1 heterocycles. The minimum absolute atomic E-state index is 0.00625. The summed E-state index contributed by atoms with van der Waals surface area (Å²) in [6.45, 7) is 4.35. The van der Waals surface area contributed by atoms with Crippen molar-refractivity contribution in [3.63, 3.8) is 0 Å². The Bertz CT molecular complexity index is 862. The van der Waals surface area contributed by atoms with Crippen molar-refractivity contribution in [3.8, 4) is 11.4 Å². The molecule has 0 aliphatic rings. The number of unbranched alkanes of at least 4 members (excludes halogenated alkanes) is 11. The van der Waals surface area contributed by atoms with Crippen LogP contribution < -0.4 is 0 Å². The zero-order valence-electron chi connectivity index (χ0n) is 21.0. The lowest BCUT2D eigenvalue weighted by Crippen LogP contribution is -1.98. The molecular weight excluding hydrogens is 433 g/mol. The normalized spacial score (nSPS) is 11.9. The molecule has 0 bridgehead atoms. The number of allylic oxidation sites excluding steroid dienone is 1. The Morgan fingerprint density at radius 2 is 1.29 bits per heavy atom. The Labute approximate surface area is 204 Å². The van der Waals surface area contributed by atoms with Gasteiger partial charge in [0.2, 0.25) is 0 Å². The lowest BCUT2D eigenvalue weighted by Gasteiger charge is -2.07. The molecule has 2 aromatic rings. The van der Waals surface area contributed by atoms with Crippen LogP contribution in [0.3, 0.4) is 0 Å². The SMILES string of the molecule is CCCCCCCCCCc1cnc(-c2ccc(C=C(F)CCCCCCC)c(F)c2F)nc1. The van der Waals surface area contributed by atoms with Crippen LogP contribution in [0.4, 0.5) is 13.2 Å². The number of halogens is 3. The van der Waals surface area contributed by atoms with Crippen LogP contribution in [-0.4, -0.2) is 9.97 Å². The molecule has 0 spiro atoms. The lowest BCUT2D eigenvalue weighted by atomic mass is 10.1. The first-order chi connectivity index (χ1) is 16.6. The van der Waals surface area contributed by atoms with Crippen molar-refractivity contribution in [2.45, 2.75) is 110 Å². The maximum atomic E-state index is 14.7. The first kappa shape index (κ1) is 28.1. The van der Waals surface area contributed by atoms with Crippen molar-refractivity contribution in [3.05, 3.63) is 53.1 Å². The monoisotopic (exact) mass is 474 g/mol. The maximum absolute atomic E-state index is 14.7. The summed E-state index contributed by atoms with van der Waals surface area (Å²) in [4.78, 5) is 8.50. The molecule has 0 aliphatic heterocycles. The largest absolute Gasteiger partial charge is 0.236 e. The summed E-state index contributed by atoms with van der Waals surface area (Å²) in [7, 11) is 0. The zero-order chi connectivity index (χ0) is 24.6. The number of aryl methyl sites for hydroxylation is 1. The minimum Gasteiger partial charge on any atom is -0.236 e. The molecule has 188 valence electrons. The summed E-state index contributed by atoms with van der Waals surface area (Å²) >= 11 is 0. The zero-order valence-corrected chi connectivity index (χ0v) is 21.0. The summed E-state index contributed by atoms with van der Waals surface area (Å²) in [5.74, 6) is -2.39. The van der Waals surface area contributed by atoms with Gasteiger partial charge in [0.1, 0.15) is 5.83 Å². The number of rotatable bonds is 17. The van der Waals surface area contributed by atoms with E-state index in [1.165, 1.54) is 57.1 Å². The fourth-order valence-corrected chi connectivity index (χ4v) is 4.07. The molecule has 2 rings (SSSR count). The highest BCUT2D eigenvalue weighted by atomic mass is 19.2. The van der Waals surface area contributed by atoms with Gasteiger partial charge in [0.25, 0.3) is 0 Å². The van der Waals surface area contributed by atoms with E-state index in [4.69, 9.17) is 0 Å². The fraction of sp³-hybridized carbons (Fsp3) is 0.586. The molecule has 0 saturated heterocycles. The van der Waals surface area contributed by atoms with Crippen LogP contribution >= 0.6 is 0 Å². The van der Waals surface area contributed by atoms with Crippen LogP contribution in [0.2, 0.25) is 0 Å². The molecule has 0 unspecified atom stereocenters. The van der Waals surface area contributed by atoms with Crippen LogP contribution in [0.15, 0.2) is 30.4 Å². The highest BCUT2D eigenvalue weighted by Gasteiger charge is 2.16. The second-order valence-electron chi connectivity index (χ2n) is 9.23. The number of aromatic nitrogens is 2. The molecule has 0 atom stereocenters. The van der Waals surface area contributed by atoms with Gasteiger partial charge in [0.05, 0.1) is 5.56 Å². The highest BCUT2D eigenvalue weighted by Crippen LogP contribution is 2.26. The second kappa shape index (κ2) is 16.5. The van der Waals surface area contributed by atoms with Gasteiger partial charge in [-0.2, -0.15) is 0 Å². The number of benzene rings is 1. The molecule has 0 saturated carbocycles. The van der Waals surface area contributed by atoms with Crippen molar-refractivity contribution in [2.24, 2.45) is 0 Å². The Morgan fingerprint density at radius 1 is 0.735 bits per heavy atom. The van der Waals surface area contributed by atoms with Crippen molar-refractivity contribution >= 4 is 6.08 Å². The molecule has 0 radical (unpaired) electrons. The Morgan fingerprint density at radius 3 is 1.91 bits per heavy atom. The minimum atomic E-state index is -1.06.